The Hall–Kier alpha value is -3.35. The maximum Gasteiger partial charge on any atom is 0.506 e. The Labute approximate surface area is 211 Å². The van der Waals surface area contributed by atoms with E-state index in [4.69, 9.17) is 14.8 Å². The van der Waals surface area contributed by atoms with Crippen LogP contribution >= 0.6 is 0 Å². The Morgan fingerprint density at radius 1 is 1.11 bits per heavy atom. The van der Waals surface area contributed by atoms with Crippen LogP contribution in [0.3, 0.4) is 0 Å². The molecule has 7 heteroatoms. The van der Waals surface area contributed by atoms with Crippen molar-refractivity contribution >= 4 is 23.1 Å². The van der Waals surface area contributed by atoms with E-state index in [0.29, 0.717) is 25.9 Å². The van der Waals surface area contributed by atoms with Crippen LogP contribution in [-0.2, 0) is 35.5 Å². The fourth-order valence-electron chi connectivity index (χ4n) is 7.04. The molecule has 0 radical (unpaired) electrons. The third-order valence-electron chi connectivity index (χ3n) is 8.86. The molecular weight excluding hydrogens is 454 g/mol. The second-order valence-electron chi connectivity index (χ2n) is 11.0. The van der Waals surface area contributed by atoms with Gasteiger partial charge in [0.15, 0.2) is 0 Å². The highest BCUT2D eigenvalue weighted by molar-refractivity contribution is 5.84. The molecule has 1 aromatic carbocycles. The Morgan fingerprint density at radius 3 is 2.69 bits per heavy atom. The normalized spacial score (nSPS) is 24.8. The van der Waals surface area contributed by atoms with Crippen molar-refractivity contribution in [3.05, 3.63) is 65.0 Å². The third kappa shape index (κ3) is 3.94. The summed E-state index contributed by atoms with van der Waals surface area (Å²) < 4.78 is 7.59. The molecule has 3 aromatic rings. The molecule has 2 bridgehead atoms. The molecule has 1 amide bonds. The Balaban J connectivity index is 1.25. The lowest BCUT2D eigenvalue weighted by molar-refractivity contribution is -0.134. The van der Waals surface area contributed by atoms with Gasteiger partial charge in [-0.1, -0.05) is 31.2 Å². The van der Waals surface area contributed by atoms with E-state index >= 15 is 0 Å². The van der Waals surface area contributed by atoms with Crippen LogP contribution in [0.2, 0.25) is 0 Å². The minimum atomic E-state index is -1.20. The molecule has 1 N–H and O–H groups in total. The zero-order valence-corrected chi connectivity index (χ0v) is 20.8. The number of rotatable bonds is 6. The number of fused-ring (bicyclic) bond motifs is 5. The average molecular weight is 488 g/mol. The van der Waals surface area contributed by atoms with Gasteiger partial charge in [-0.3, -0.25) is 4.79 Å². The molecule has 188 valence electrons. The van der Waals surface area contributed by atoms with Crippen LogP contribution in [0, 0.1) is 5.41 Å². The lowest BCUT2D eigenvalue weighted by Gasteiger charge is -2.32. The topological polar surface area (TPSA) is 84.7 Å². The van der Waals surface area contributed by atoms with E-state index in [1.165, 1.54) is 27.8 Å². The van der Waals surface area contributed by atoms with Crippen molar-refractivity contribution in [1.29, 1.82) is 0 Å². The predicted octanol–water partition coefficient (Wildman–Crippen LogP) is 5.32. The first-order valence-corrected chi connectivity index (χ1v) is 13.1. The largest absolute Gasteiger partial charge is 0.506 e. The van der Waals surface area contributed by atoms with Crippen molar-refractivity contribution in [2.24, 2.45) is 5.41 Å². The highest BCUT2D eigenvalue weighted by Crippen LogP contribution is 2.60. The summed E-state index contributed by atoms with van der Waals surface area (Å²) in [6, 6.07) is 12.8. The third-order valence-corrected chi connectivity index (χ3v) is 8.86. The van der Waals surface area contributed by atoms with Gasteiger partial charge in [-0.05, 0) is 79.2 Å². The van der Waals surface area contributed by atoms with E-state index in [-0.39, 0.29) is 11.3 Å². The molecule has 1 aliphatic heterocycles. The van der Waals surface area contributed by atoms with Crippen LogP contribution < -0.4 is 0 Å². The van der Waals surface area contributed by atoms with E-state index in [1.54, 1.807) is 0 Å². The number of nitrogens with zero attached hydrogens (tertiary/aromatic N) is 3. The van der Waals surface area contributed by atoms with Gasteiger partial charge in [0.1, 0.15) is 11.2 Å². The van der Waals surface area contributed by atoms with E-state index in [1.807, 2.05) is 17.2 Å². The number of aryl methyl sites for hydroxylation is 1. The fraction of sp³-hybridized carbons (Fsp3) is 0.483. The number of aromatic nitrogens is 2. The molecule has 0 unspecified atom stereocenters. The minimum Gasteiger partial charge on any atom is -0.450 e. The lowest BCUT2D eigenvalue weighted by Crippen LogP contribution is -2.39. The molecule has 0 spiro atoms. The van der Waals surface area contributed by atoms with Crippen LogP contribution in [0.5, 0.6) is 0 Å². The molecule has 2 aliphatic carbocycles. The molecule has 0 saturated heterocycles. The van der Waals surface area contributed by atoms with Crippen molar-refractivity contribution in [2.45, 2.75) is 77.0 Å². The van der Waals surface area contributed by atoms with E-state index < -0.39 is 11.8 Å². The highest BCUT2D eigenvalue weighted by Gasteiger charge is 2.57. The SMILES string of the molecule is CCc1cccc(Cn2c3c(c4cccnc42)CCN(C(=O)CC24CCC(OC(=O)O)(CC2)C4)C3)c1. The minimum absolute atomic E-state index is 0.123. The lowest BCUT2D eigenvalue weighted by atomic mass is 9.80. The molecule has 2 saturated carbocycles. The maximum absolute atomic E-state index is 13.6. The van der Waals surface area contributed by atoms with Crippen LogP contribution in [0.15, 0.2) is 42.6 Å². The Morgan fingerprint density at radius 2 is 1.92 bits per heavy atom. The molecule has 6 rings (SSSR count). The van der Waals surface area contributed by atoms with Crippen molar-refractivity contribution in [3.63, 3.8) is 0 Å². The van der Waals surface area contributed by atoms with Gasteiger partial charge in [-0.15, -0.1) is 0 Å². The van der Waals surface area contributed by atoms with Gasteiger partial charge in [0.2, 0.25) is 5.91 Å². The van der Waals surface area contributed by atoms with Crippen molar-refractivity contribution in [3.8, 4) is 0 Å². The number of amides is 1. The first-order chi connectivity index (χ1) is 17.4. The molecule has 2 fully saturated rings. The second-order valence-corrected chi connectivity index (χ2v) is 11.0. The summed E-state index contributed by atoms with van der Waals surface area (Å²) in [5, 5.41) is 10.4. The number of hydrogen-bond donors (Lipinski definition) is 1. The number of carbonyl (C=O) groups is 2. The molecule has 2 aromatic heterocycles. The zero-order chi connectivity index (χ0) is 24.9. The summed E-state index contributed by atoms with van der Waals surface area (Å²) >= 11 is 0. The van der Waals surface area contributed by atoms with Gasteiger partial charge in [-0.25, -0.2) is 9.78 Å². The predicted molar refractivity (Wildman–Crippen MR) is 136 cm³/mol. The van der Waals surface area contributed by atoms with Gasteiger partial charge in [0.05, 0.1) is 6.54 Å². The van der Waals surface area contributed by atoms with Crippen molar-refractivity contribution in [1.82, 2.24) is 14.5 Å². The summed E-state index contributed by atoms with van der Waals surface area (Å²) in [6.45, 7) is 4.20. The van der Waals surface area contributed by atoms with Gasteiger partial charge < -0.3 is 19.3 Å². The van der Waals surface area contributed by atoms with Crippen LogP contribution in [0.1, 0.15) is 67.8 Å². The van der Waals surface area contributed by atoms with Gasteiger partial charge >= 0.3 is 6.16 Å². The van der Waals surface area contributed by atoms with E-state index in [2.05, 4.69) is 41.8 Å². The summed E-state index contributed by atoms with van der Waals surface area (Å²) in [6.07, 6.45) is 6.81. The maximum atomic E-state index is 13.6. The average Bonchev–Trinajstić information content (AvgIpc) is 3.51. The highest BCUT2D eigenvalue weighted by atomic mass is 16.7. The van der Waals surface area contributed by atoms with E-state index in [9.17, 15) is 9.59 Å². The Bertz CT molecular complexity index is 1340. The molecular formula is C29H33N3O4. The number of carboxylic acid groups (broad SMARTS) is 1. The number of ether oxygens (including phenoxy) is 1. The van der Waals surface area contributed by atoms with Crippen molar-refractivity contribution in [2.75, 3.05) is 6.54 Å². The van der Waals surface area contributed by atoms with Crippen LogP contribution in [0.4, 0.5) is 4.79 Å². The smallest absolute Gasteiger partial charge is 0.450 e. The summed E-state index contributed by atoms with van der Waals surface area (Å²) in [5.41, 5.74) is 5.34. The van der Waals surface area contributed by atoms with Crippen LogP contribution in [-0.4, -0.2) is 43.8 Å². The van der Waals surface area contributed by atoms with Crippen LogP contribution in [0.25, 0.3) is 11.0 Å². The fourth-order valence-corrected chi connectivity index (χ4v) is 7.04. The monoisotopic (exact) mass is 487 g/mol. The zero-order valence-electron chi connectivity index (χ0n) is 20.8. The van der Waals surface area contributed by atoms with Gasteiger partial charge in [0, 0.05) is 36.8 Å². The summed E-state index contributed by atoms with van der Waals surface area (Å²) in [5.74, 6) is 0.173. The number of pyridine rings is 1. The molecule has 3 aliphatic rings. The first kappa shape index (κ1) is 23.1. The summed E-state index contributed by atoms with van der Waals surface area (Å²) in [7, 11) is 0. The number of carbonyl (C=O) groups excluding carboxylic acids is 1. The second kappa shape index (κ2) is 8.64. The summed E-state index contributed by atoms with van der Waals surface area (Å²) in [4.78, 5) is 31.5. The number of benzene rings is 1. The Kier molecular flexibility index (Phi) is 5.54. The quantitative estimate of drug-likeness (QED) is 0.476. The molecule has 0 atom stereocenters. The number of hydrogen-bond acceptors (Lipinski definition) is 4. The molecule has 3 heterocycles. The first-order valence-electron chi connectivity index (χ1n) is 13.1. The van der Waals surface area contributed by atoms with Gasteiger partial charge in [0.25, 0.3) is 0 Å². The molecule has 7 nitrogen and oxygen atoms in total. The van der Waals surface area contributed by atoms with E-state index in [0.717, 1.165) is 50.7 Å². The van der Waals surface area contributed by atoms with Crippen molar-refractivity contribution < 1.29 is 19.4 Å². The van der Waals surface area contributed by atoms with Gasteiger partial charge in [-0.2, -0.15) is 0 Å². The molecule has 36 heavy (non-hydrogen) atoms. The standard InChI is InChI=1S/C29H33N3O4/c1-2-20-5-3-6-21(15-20)17-32-24-18-31(14-8-22(24)23-7-4-13-30-26(23)32)25(33)16-28-9-11-29(19-28,12-10-28)36-27(34)35/h3-7,13,15H,2,8-12,14,16-19H2,1H3,(H,34,35).